The van der Waals surface area contributed by atoms with Crippen molar-refractivity contribution in [1.29, 1.82) is 0 Å². The van der Waals surface area contributed by atoms with Gasteiger partial charge in [0.05, 0.1) is 5.39 Å². The van der Waals surface area contributed by atoms with Crippen LogP contribution >= 0.6 is 23.2 Å². The van der Waals surface area contributed by atoms with Gasteiger partial charge in [0, 0.05) is 0 Å². The fraction of sp³-hybridized carbons (Fsp3) is 0. The van der Waals surface area contributed by atoms with Crippen LogP contribution in [0.25, 0.3) is 10.8 Å². The third kappa shape index (κ3) is 2.69. The molecule has 0 aliphatic carbocycles. The molecule has 0 amide bonds. The first kappa shape index (κ1) is 17.1. The molecule has 0 fully saturated rings. The lowest BCUT2D eigenvalue weighted by molar-refractivity contribution is 0.457. The van der Waals surface area contributed by atoms with Crippen LogP contribution in [0.15, 0.2) is 21.9 Å². The van der Waals surface area contributed by atoms with Crippen LogP contribution in [-0.4, -0.2) is 36.2 Å². The summed E-state index contributed by atoms with van der Waals surface area (Å²) in [5.41, 5.74) is 0. The highest BCUT2D eigenvalue weighted by atomic mass is 35.5. The van der Waals surface area contributed by atoms with Crippen LogP contribution in [0.4, 0.5) is 0 Å². The Bertz CT molecular complexity index is 933. The van der Waals surface area contributed by atoms with E-state index < -0.39 is 57.0 Å². The van der Waals surface area contributed by atoms with Gasteiger partial charge in [0.25, 0.3) is 20.2 Å². The molecule has 0 aromatic heterocycles. The molecule has 0 aliphatic rings. The molecule has 120 valence electrons. The Morgan fingerprint density at radius 2 is 1.09 bits per heavy atom. The predicted octanol–water partition coefficient (Wildman–Crippen LogP) is 2.05. The molecule has 12 heteroatoms. The summed E-state index contributed by atoms with van der Waals surface area (Å²) in [5.74, 6) is -1.87. The van der Waals surface area contributed by atoms with Gasteiger partial charge in [0.15, 0.2) is 0 Å². The fourth-order valence-electron chi connectivity index (χ4n) is 1.81. The maximum absolute atomic E-state index is 11.2. The summed E-state index contributed by atoms with van der Waals surface area (Å²) >= 11 is 11.2. The monoisotopic (exact) mass is 388 g/mol. The van der Waals surface area contributed by atoms with Crippen molar-refractivity contribution < 1.29 is 36.2 Å². The van der Waals surface area contributed by atoms with Crippen molar-refractivity contribution in [3.63, 3.8) is 0 Å². The van der Waals surface area contributed by atoms with E-state index in [9.17, 15) is 27.0 Å². The molecule has 0 saturated heterocycles. The minimum Gasteiger partial charge on any atom is -0.506 e. The molecule has 2 rings (SSSR count). The Morgan fingerprint density at radius 3 is 1.36 bits per heavy atom. The van der Waals surface area contributed by atoms with Crippen molar-refractivity contribution in [2.24, 2.45) is 0 Å². The average molecular weight is 389 g/mol. The number of hydrogen-bond donors (Lipinski definition) is 4. The third-order valence-electron chi connectivity index (χ3n) is 2.74. The molecule has 2 aromatic carbocycles. The van der Waals surface area contributed by atoms with E-state index >= 15 is 0 Å². The van der Waals surface area contributed by atoms with Crippen LogP contribution in [-0.2, 0) is 20.2 Å². The number of fused-ring (bicyclic) bond motifs is 1. The molecule has 0 atom stereocenters. The summed E-state index contributed by atoms with van der Waals surface area (Å²) in [4.78, 5) is -1.83. The first-order valence-electron chi connectivity index (χ1n) is 5.17. The zero-order chi connectivity index (χ0) is 17.0. The zero-order valence-electron chi connectivity index (χ0n) is 10.1. The van der Waals surface area contributed by atoms with Gasteiger partial charge in [-0.2, -0.15) is 16.8 Å². The van der Waals surface area contributed by atoms with Crippen molar-refractivity contribution in [1.82, 2.24) is 0 Å². The summed E-state index contributed by atoms with van der Waals surface area (Å²) < 4.78 is 62.8. The second-order valence-corrected chi connectivity index (χ2v) is 7.66. The average Bonchev–Trinajstić information content (AvgIpc) is 2.34. The first-order chi connectivity index (χ1) is 9.85. The summed E-state index contributed by atoms with van der Waals surface area (Å²) in [6, 6.07) is 1.41. The number of phenolic OH excluding ortho intramolecular Hbond substituents is 2. The molecule has 0 aliphatic heterocycles. The van der Waals surface area contributed by atoms with Crippen LogP contribution in [0, 0.1) is 0 Å². The van der Waals surface area contributed by atoms with Gasteiger partial charge >= 0.3 is 0 Å². The molecule has 0 radical (unpaired) electrons. The summed E-state index contributed by atoms with van der Waals surface area (Å²) in [5, 5.41) is 17.4. The molecular formula is C10H6Cl2O8S2. The van der Waals surface area contributed by atoms with Gasteiger partial charge < -0.3 is 10.2 Å². The molecule has 0 unspecified atom stereocenters. The smallest absolute Gasteiger partial charge is 0.296 e. The Balaban J connectivity index is 3.11. The van der Waals surface area contributed by atoms with Crippen molar-refractivity contribution in [3.05, 3.63) is 22.2 Å². The highest BCUT2D eigenvalue weighted by Gasteiger charge is 2.26. The van der Waals surface area contributed by atoms with Gasteiger partial charge in [-0.1, -0.05) is 23.2 Å². The van der Waals surface area contributed by atoms with Crippen molar-refractivity contribution in [3.8, 4) is 11.5 Å². The van der Waals surface area contributed by atoms with Gasteiger partial charge in [-0.3, -0.25) is 9.11 Å². The third-order valence-corrected chi connectivity index (χ3v) is 5.48. The molecule has 0 spiro atoms. The fourth-order valence-corrected chi connectivity index (χ4v) is 3.89. The van der Waals surface area contributed by atoms with Crippen LogP contribution in [0.3, 0.4) is 0 Å². The maximum Gasteiger partial charge on any atom is 0.296 e. The summed E-state index contributed by atoms with van der Waals surface area (Å²) in [7, 11) is -9.67. The Hall–Kier alpha value is -1.30. The quantitative estimate of drug-likeness (QED) is 0.570. The van der Waals surface area contributed by atoms with Crippen LogP contribution in [0.1, 0.15) is 0 Å². The first-order valence-corrected chi connectivity index (χ1v) is 8.81. The van der Waals surface area contributed by atoms with Crippen molar-refractivity contribution in [2.45, 2.75) is 9.79 Å². The SMILES string of the molecule is O=S(=O)(O)c1cc2cc(S(=O)(=O)O)c(Cl)c(O)c2c(O)c1Cl. The Labute approximate surface area is 134 Å². The highest BCUT2D eigenvalue weighted by molar-refractivity contribution is 7.86. The Kier molecular flexibility index (Phi) is 3.97. The molecule has 0 bridgehead atoms. The molecule has 22 heavy (non-hydrogen) atoms. The van der Waals surface area contributed by atoms with Crippen molar-refractivity contribution >= 4 is 54.2 Å². The molecule has 0 heterocycles. The van der Waals surface area contributed by atoms with E-state index in [0.717, 1.165) is 0 Å². The van der Waals surface area contributed by atoms with Crippen LogP contribution in [0.2, 0.25) is 10.0 Å². The standard InChI is InChI=1S/C10H6Cl2O8S2/c11-7-4(21(15,16)17)1-3-2-5(22(18,19)20)8(12)10(14)6(3)9(7)13/h1-2,13-14H,(H,15,16,17)(H,18,19,20). The lowest BCUT2D eigenvalue weighted by Gasteiger charge is -2.12. The predicted molar refractivity (Wildman–Crippen MR) is 76.9 cm³/mol. The number of benzene rings is 2. The summed E-state index contributed by atoms with van der Waals surface area (Å²) in [6.07, 6.45) is 0. The molecule has 8 nitrogen and oxygen atoms in total. The van der Waals surface area contributed by atoms with E-state index in [4.69, 9.17) is 32.3 Å². The number of phenols is 2. The van der Waals surface area contributed by atoms with Gasteiger partial charge in [0.2, 0.25) is 0 Å². The second kappa shape index (κ2) is 5.11. The number of aromatic hydroxyl groups is 2. The van der Waals surface area contributed by atoms with Crippen LogP contribution in [0.5, 0.6) is 11.5 Å². The molecule has 4 N–H and O–H groups in total. The zero-order valence-corrected chi connectivity index (χ0v) is 13.3. The van der Waals surface area contributed by atoms with E-state index in [1.54, 1.807) is 0 Å². The van der Waals surface area contributed by atoms with Gasteiger partial charge in [-0.15, -0.1) is 0 Å². The van der Waals surface area contributed by atoms with E-state index in [1.165, 1.54) is 0 Å². The topological polar surface area (TPSA) is 149 Å². The Morgan fingerprint density at radius 1 is 0.773 bits per heavy atom. The molecule has 0 saturated carbocycles. The summed E-state index contributed by atoms with van der Waals surface area (Å²) in [6.45, 7) is 0. The minimum atomic E-state index is -4.84. The highest BCUT2D eigenvalue weighted by Crippen LogP contribution is 2.46. The van der Waals surface area contributed by atoms with Gasteiger partial charge in [-0.05, 0) is 17.5 Å². The van der Waals surface area contributed by atoms with E-state index in [0.29, 0.717) is 12.1 Å². The number of hydrogen-bond acceptors (Lipinski definition) is 6. The molecular weight excluding hydrogens is 383 g/mol. The van der Waals surface area contributed by atoms with Crippen molar-refractivity contribution in [2.75, 3.05) is 0 Å². The number of halogens is 2. The molecule has 2 aromatic rings. The largest absolute Gasteiger partial charge is 0.506 e. The van der Waals surface area contributed by atoms with Gasteiger partial charge in [-0.25, -0.2) is 0 Å². The number of rotatable bonds is 2. The lowest BCUT2D eigenvalue weighted by atomic mass is 10.1. The lowest BCUT2D eigenvalue weighted by Crippen LogP contribution is -2.02. The van der Waals surface area contributed by atoms with Gasteiger partial charge in [0.1, 0.15) is 31.3 Å². The normalized spacial score (nSPS) is 12.7. The minimum absolute atomic E-state index is 0.343. The second-order valence-electron chi connectivity index (χ2n) is 4.12. The van der Waals surface area contributed by atoms with E-state index in [-0.39, 0.29) is 5.39 Å². The maximum atomic E-state index is 11.2. The van der Waals surface area contributed by atoms with E-state index in [2.05, 4.69) is 0 Å². The van der Waals surface area contributed by atoms with E-state index in [1.807, 2.05) is 0 Å². The van der Waals surface area contributed by atoms with Crippen LogP contribution < -0.4 is 0 Å².